The minimum atomic E-state index is -3.20. The number of piperazine rings is 1. The third-order valence-electron chi connectivity index (χ3n) is 5.20. The number of sulfonamides is 1. The molecule has 24 heavy (non-hydrogen) atoms. The fourth-order valence-electron chi connectivity index (χ4n) is 3.56. The molecule has 0 unspecified atom stereocenters. The Morgan fingerprint density at radius 2 is 2.12 bits per heavy atom. The van der Waals surface area contributed by atoms with Gasteiger partial charge in [-0.1, -0.05) is 13.3 Å². The maximum absolute atomic E-state index is 12.5. The standard InChI is InChI=1S/C16H25N3O3S2/c1-3-4-9-24(21,22)18-7-6-16(12-18)13-19(14-5-8-23-11-14)15(20)10-17(16)2/h5,8,11H,3-4,6-7,9-10,12-13H2,1-2H3/t16-/m1/s1. The molecule has 1 spiro atoms. The number of nitrogens with zero attached hydrogens (tertiary/aromatic N) is 3. The van der Waals surface area contributed by atoms with Gasteiger partial charge in [-0.25, -0.2) is 8.42 Å². The number of rotatable bonds is 5. The summed E-state index contributed by atoms with van der Waals surface area (Å²) in [5.41, 5.74) is 0.638. The smallest absolute Gasteiger partial charge is 0.241 e. The monoisotopic (exact) mass is 371 g/mol. The molecule has 0 bridgehead atoms. The third-order valence-corrected chi connectivity index (χ3v) is 7.77. The summed E-state index contributed by atoms with van der Waals surface area (Å²) < 4.78 is 26.7. The molecule has 8 heteroatoms. The van der Waals surface area contributed by atoms with Gasteiger partial charge in [-0.2, -0.15) is 15.6 Å². The molecule has 0 aliphatic carbocycles. The van der Waals surface area contributed by atoms with Crippen LogP contribution < -0.4 is 4.90 Å². The SMILES string of the molecule is CCCCS(=O)(=O)N1CC[C@]2(CN(c3ccsc3)C(=O)CN2C)C1. The third kappa shape index (κ3) is 3.24. The first-order chi connectivity index (χ1) is 11.4. The molecule has 2 fully saturated rings. The number of thiophene rings is 1. The molecular formula is C16H25N3O3S2. The van der Waals surface area contributed by atoms with Gasteiger partial charge in [-0.05, 0) is 31.3 Å². The molecule has 0 N–H and O–H groups in total. The number of anilines is 1. The highest BCUT2D eigenvalue weighted by atomic mass is 32.2. The van der Waals surface area contributed by atoms with Gasteiger partial charge in [0, 0.05) is 25.0 Å². The van der Waals surface area contributed by atoms with Crippen LogP contribution >= 0.6 is 11.3 Å². The van der Waals surface area contributed by atoms with Gasteiger partial charge in [0.15, 0.2) is 0 Å². The van der Waals surface area contributed by atoms with E-state index in [1.54, 1.807) is 15.6 Å². The van der Waals surface area contributed by atoms with Crippen molar-refractivity contribution in [2.75, 3.05) is 43.9 Å². The van der Waals surface area contributed by atoms with Gasteiger partial charge >= 0.3 is 0 Å². The molecule has 0 radical (unpaired) electrons. The molecule has 1 atom stereocenters. The maximum atomic E-state index is 12.5. The average Bonchev–Trinajstić information content (AvgIpc) is 3.20. The molecule has 2 saturated heterocycles. The fraction of sp³-hybridized carbons (Fsp3) is 0.688. The van der Waals surface area contributed by atoms with Gasteiger partial charge < -0.3 is 4.90 Å². The average molecular weight is 372 g/mol. The first-order valence-corrected chi connectivity index (χ1v) is 10.9. The lowest BCUT2D eigenvalue weighted by Crippen LogP contribution is -2.64. The number of likely N-dealkylation sites (N-methyl/N-ethyl adjacent to an activating group) is 1. The molecule has 0 aromatic carbocycles. The molecule has 0 saturated carbocycles. The van der Waals surface area contributed by atoms with Crippen molar-refractivity contribution in [1.82, 2.24) is 9.21 Å². The first kappa shape index (κ1) is 17.8. The Hall–Kier alpha value is -0.960. The second-order valence-corrected chi connectivity index (χ2v) is 9.66. The number of amides is 1. The van der Waals surface area contributed by atoms with Crippen molar-refractivity contribution in [2.45, 2.75) is 31.7 Å². The lowest BCUT2D eigenvalue weighted by molar-refractivity contribution is -0.123. The van der Waals surface area contributed by atoms with E-state index >= 15 is 0 Å². The van der Waals surface area contributed by atoms with Crippen molar-refractivity contribution >= 4 is 33.0 Å². The summed E-state index contributed by atoms with van der Waals surface area (Å²) in [5.74, 6) is 0.296. The van der Waals surface area contributed by atoms with Gasteiger partial charge in [0.2, 0.25) is 15.9 Å². The summed E-state index contributed by atoms with van der Waals surface area (Å²) in [4.78, 5) is 16.3. The highest BCUT2D eigenvalue weighted by molar-refractivity contribution is 7.89. The van der Waals surface area contributed by atoms with E-state index in [1.807, 2.05) is 40.6 Å². The van der Waals surface area contributed by atoms with E-state index in [0.29, 0.717) is 32.6 Å². The van der Waals surface area contributed by atoms with Crippen LogP contribution in [-0.4, -0.2) is 68.0 Å². The zero-order valence-corrected chi connectivity index (χ0v) is 15.9. The van der Waals surface area contributed by atoms with Crippen LogP contribution in [0.4, 0.5) is 5.69 Å². The normalized spacial score (nSPS) is 26.6. The van der Waals surface area contributed by atoms with E-state index in [-0.39, 0.29) is 17.2 Å². The van der Waals surface area contributed by atoms with Crippen LogP contribution in [0.15, 0.2) is 16.8 Å². The lowest BCUT2D eigenvalue weighted by Gasteiger charge is -2.46. The van der Waals surface area contributed by atoms with Gasteiger partial charge in [-0.15, -0.1) is 0 Å². The van der Waals surface area contributed by atoms with Gasteiger partial charge in [-0.3, -0.25) is 9.69 Å². The van der Waals surface area contributed by atoms with Crippen molar-refractivity contribution in [3.63, 3.8) is 0 Å². The molecule has 1 aromatic rings. The van der Waals surface area contributed by atoms with Crippen LogP contribution in [0.25, 0.3) is 0 Å². The molecule has 2 aliphatic heterocycles. The summed E-state index contributed by atoms with van der Waals surface area (Å²) >= 11 is 1.57. The minimum Gasteiger partial charge on any atom is -0.309 e. The number of unbranched alkanes of at least 4 members (excludes halogenated alkanes) is 1. The molecular weight excluding hydrogens is 346 g/mol. The Balaban J connectivity index is 1.79. The largest absolute Gasteiger partial charge is 0.309 e. The van der Waals surface area contributed by atoms with Gasteiger partial charge in [0.1, 0.15) is 0 Å². The van der Waals surface area contributed by atoms with Crippen LogP contribution in [0.1, 0.15) is 26.2 Å². The number of hydrogen-bond donors (Lipinski definition) is 0. The number of carbonyl (C=O) groups excluding carboxylic acids is 1. The summed E-state index contributed by atoms with van der Waals surface area (Å²) in [7, 11) is -1.26. The lowest BCUT2D eigenvalue weighted by atomic mass is 9.93. The molecule has 2 aliphatic rings. The predicted octanol–water partition coefficient (Wildman–Crippen LogP) is 1.60. The second-order valence-electron chi connectivity index (χ2n) is 6.79. The van der Waals surface area contributed by atoms with E-state index in [0.717, 1.165) is 18.5 Å². The van der Waals surface area contributed by atoms with Crippen LogP contribution in [0.2, 0.25) is 0 Å². The van der Waals surface area contributed by atoms with E-state index in [2.05, 4.69) is 0 Å². The number of hydrogen-bond acceptors (Lipinski definition) is 5. The van der Waals surface area contributed by atoms with E-state index in [4.69, 9.17) is 0 Å². The molecule has 6 nitrogen and oxygen atoms in total. The second kappa shape index (κ2) is 6.74. The molecule has 1 aromatic heterocycles. The zero-order valence-electron chi connectivity index (χ0n) is 14.3. The van der Waals surface area contributed by atoms with Crippen molar-refractivity contribution in [3.8, 4) is 0 Å². The Morgan fingerprint density at radius 1 is 1.33 bits per heavy atom. The molecule has 3 rings (SSSR count). The molecule has 3 heterocycles. The van der Waals surface area contributed by atoms with E-state index in [1.165, 1.54) is 0 Å². The Bertz CT molecular complexity index is 689. The highest BCUT2D eigenvalue weighted by Gasteiger charge is 2.49. The van der Waals surface area contributed by atoms with Crippen molar-refractivity contribution in [1.29, 1.82) is 0 Å². The topological polar surface area (TPSA) is 60.9 Å². The molecule has 1 amide bonds. The van der Waals surface area contributed by atoms with Crippen LogP contribution in [0, 0.1) is 0 Å². The Morgan fingerprint density at radius 3 is 2.79 bits per heavy atom. The van der Waals surface area contributed by atoms with E-state index in [9.17, 15) is 13.2 Å². The Labute approximate surface area is 148 Å². The predicted molar refractivity (Wildman–Crippen MR) is 96.9 cm³/mol. The maximum Gasteiger partial charge on any atom is 0.241 e. The van der Waals surface area contributed by atoms with Gasteiger partial charge in [0.05, 0.1) is 23.5 Å². The highest BCUT2D eigenvalue weighted by Crippen LogP contribution is 2.35. The van der Waals surface area contributed by atoms with Gasteiger partial charge in [0.25, 0.3) is 0 Å². The van der Waals surface area contributed by atoms with Crippen molar-refractivity contribution < 1.29 is 13.2 Å². The van der Waals surface area contributed by atoms with Crippen LogP contribution in [-0.2, 0) is 14.8 Å². The van der Waals surface area contributed by atoms with Crippen LogP contribution in [0.3, 0.4) is 0 Å². The summed E-state index contributed by atoms with van der Waals surface area (Å²) in [6.07, 6.45) is 2.34. The summed E-state index contributed by atoms with van der Waals surface area (Å²) in [6.45, 7) is 3.91. The van der Waals surface area contributed by atoms with E-state index < -0.39 is 10.0 Å². The quantitative estimate of drug-likeness (QED) is 0.789. The zero-order chi connectivity index (χ0) is 17.4. The number of carbonyl (C=O) groups is 1. The Kier molecular flexibility index (Phi) is 5.01. The molecule has 134 valence electrons. The van der Waals surface area contributed by atoms with Crippen molar-refractivity contribution in [3.05, 3.63) is 16.8 Å². The summed E-state index contributed by atoms with van der Waals surface area (Å²) in [6, 6.07) is 1.95. The summed E-state index contributed by atoms with van der Waals surface area (Å²) in [5, 5.41) is 3.94. The van der Waals surface area contributed by atoms with Crippen LogP contribution in [0.5, 0.6) is 0 Å². The fourth-order valence-corrected chi connectivity index (χ4v) is 5.92. The first-order valence-electron chi connectivity index (χ1n) is 8.40. The minimum absolute atomic E-state index is 0.0776. The van der Waals surface area contributed by atoms with Crippen molar-refractivity contribution in [2.24, 2.45) is 0 Å².